The normalized spacial score (nSPS) is 24.8. The van der Waals surface area contributed by atoms with Crippen LogP contribution in [0.4, 0.5) is 0 Å². The molecule has 1 fully saturated rings. The molecule has 0 amide bonds. The van der Waals surface area contributed by atoms with Crippen LogP contribution in [0.15, 0.2) is 23.1 Å². The summed E-state index contributed by atoms with van der Waals surface area (Å²) in [4.78, 5) is 0.0672. The third-order valence-electron chi connectivity index (χ3n) is 3.46. The Morgan fingerprint density at radius 1 is 1.32 bits per heavy atom. The number of nitrogens with zero attached hydrogens (tertiary/aromatic N) is 1. The molecular formula is C12H15Cl2NO3S. The highest BCUT2D eigenvalue weighted by molar-refractivity contribution is 7.89. The van der Waals surface area contributed by atoms with Crippen LogP contribution in [-0.4, -0.2) is 37.0 Å². The molecule has 1 aliphatic heterocycles. The topological polar surface area (TPSA) is 57.6 Å². The zero-order valence-electron chi connectivity index (χ0n) is 10.4. The summed E-state index contributed by atoms with van der Waals surface area (Å²) in [6, 6.07) is 3.85. The van der Waals surface area contributed by atoms with E-state index in [1.807, 2.05) is 6.92 Å². The summed E-state index contributed by atoms with van der Waals surface area (Å²) in [5.41, 5.74) is 0. The quantitative estimate of drug-likeness (QED) is 0.929. The second kappa shape index (κ2) is 5.58. The van der Waals surface area contributed by atoms with Crippen molar-refractivity contribution in [1.82, 2.24) is 4.31 Å². The highest BCUT2D eigenvalue weighted by atomic mass is 35.5. The second-order valence-corrected chi connectivity index (χ2v) is 7.50. The lowest BCUT2D eigenvalue weighted by Crippen LogP contribution is -2.39. The fraction of sp³-hybridized carbons (Fsp3) is 0.500. The molecule has 19 heavy (non-hydrogen) atoms. The molecule has 0 aliphatic carbocycles. The Morgan fingerprint density at radius 2 is 1.89 bits per heavy atom. The molecule has 1 aromatic rings. The predicted molar refractivity (Wildman–Crippen MR) is 75.0 cm³/mol. The van der Waals surface area contributed by atoms with Crippen molar-refractivity contribution in [2.24, 2.45) is 5.92 Å². The Bertz CT molecular complexity index is 556. The molecule has 0 radical (unpaired) electrons. The molecule has 2 rings (SSSR count). The van der Waals surface area contributed by atoms with Gasteiger partial charge in [-0.25, -0.2) is 8.42 Å². The number of hydrogen-bond donors (Lipinski definition) is 1. The minimum Gasteiger partial charge on any atom is -0.395 e. The molecule has 2 atom stereocenters. The molecule has 1 saturated heterocycles. The molecule has 0 spiro atoms. The zero-order valence-corrected chi connectivity index (χ0v) is 12.7. The molecule has 0 aromatic heterocycles. The van der Waals surface area contributed by atoms with E-state index in [0.717, 1.165) is 6.42 Å². The fourth-order valence-electron chi connectivity index (χ4n) is 2.36. The Balaban J connectivity index is 2.42. The van der Waals surface area contributed by atoms with Gasteiger partial charge in [-0.2, -0.15) is 4.31 Å². The average molecular weight is 324 g/mol. The summed E-state index contributed by atoms with van der Waals surface area (Å²) >= 11 is 11.7. The Morgan fingerprint density at radius 3 is 2.42 bits per heavy atom. The van der Waals surface area contributed by atoms with Crippen LogP contribution in [0.3, 0.4) is 0 Å². The third-order valence-corrected chi connectivity index (χ3v) is 5.80. The van der Waals surface area contributed by atoms with E-state index >= 15 is 0 Å². The Labute approximate surface area is 123 Å². The number of benzene rings is 1. The molecule has 0 saturated carbocycles. The van der Waals surface area contributed by atoms with E-state index in [1.165, 1.54) is 22.5 Å². The van der Waals surface area contributed by atoms with Crippen molar-refractivity contribution in [2.75, 3.05) is 13.2 Å². The fourth-order valence-corrected chi connectivity index (χ4v) is 4.81. The highest BCUT2D eigenvalue weighted by Crippen LogP contribution is 2.31. The van der Waals surface area contributed by atoms with Crippen LogP contribution in [0.2, 0.25) is 10.0 Å². The number of sulfonamides is 1. The summed E-state index contributed by atoms with van der Waals surface area (Å²) in [7, 11) is -3.67. The van der Waals surface area contributed by atoms with E-state index in [2.05, 4.69) is 0 Å². The van der Waals surface area contributed by atoms with Crippen LogP contribution in [0, 0.1) is 5.92 Å². The minimum absolute atomic E-state index is 0.0672. The maximum absolute atomic E-state index is 12.6. The zero-order chi connectivity index (χ0) is 14.2. The Hall–Kier alpha value is -0.330. The van der Waals surface area contributed by atoms with E-state index < -0.39 is 10.0 Å². The molecule has 7 heteroatoms. The SMILES string of the molecule is CC1CCN(S(=O)(=O)c2cc(Cl)cc(Cl)c2)C1CO. The van der Waals surface area contributed by atoms with Crippen molar-refractivity contribution in [3.8, 4) is 0 Å². The van der Waals surface area contributed by atoms with Gasteiger partial charge in [0, 0.05) is 16.6 Å². The molecule has 1 N–H and O–H groups in total. The number of halogens is 2. The van der Waals surface area contributed by atoms with E-state index in [9.17, 15) is 13.5 Å². The van der Waals surface area contributed by atoms with Crippen LogP contribution < -0.4 is 0 Å². The largest absolute Gasteiger partial charge is 0.395 e. The molecule has 1 heterocycles. The van der Waals surface area contributed by atoms with Gasteiger partial charge in [0.1, 0.15) is 0 Å². The van der Waals surface area contributed by atoms with Gasteiger partial charge in [0.05, 0.1) is 17.5 Å². The van der Waals surface area contributed by atoms with E-state index in [1.54, 1.807) is 0 Å². The second-order valence-electron chi connectivity index (χ2n) is 4.74. The highest BCUT2D eigenvalue weighted by Gasteiger charge is 2.39. The summed E-state index contributed by atoms with van der Waals surface area (Å²) < 4.78 is 26.4. The Kier molecular flexibility index (Phi) is 4.42. The first-order chi connectivity index (χ1) is 8.86. The summed E-state index contributed by atoms with van der Waals surface area (Å²) in [5, 5.41) is 9.92. The lowest BCUT2D eigenvalue weighted by molar-refractivity contribution is 0.191. The molecular weight excluding hydrogens is 309 g/mol. The summed E-state index contributed by atoms with van der Waals surface area (Å²) in [5.74, 6) is 0.134. The van der Waals surface area contributed by atoms with Crippen molar-refractivity contribution in [2.45, 2.75) is 24.3 Å². The van der Waals surface area contributed by atoms with E-state index in [-0.39, 0.29) is 33.5 Å². The summed E-state index contributed by atoms with van der Waals surface area (Å²) in [6.07, 6.45) is 0.735. The first-order valence-corrected chi connectivity index (χ1v) is 8.14. The number of aliphatic hydroxyl groups is 1. The first-order valence-electron chi connectivity index (χ1n) is 5.95. The van der Waals surface area contributed by atoms with Gasteiger partial charge in [-0.15, -0.1) is 0 Å². The average Bonchev–Trinajstić information content (AvgIpc) is 2.69. The monoisotopic (exact) mass is 323 g/mol. The van der Waals surface area contributed by atoms with Crippen molar-refractivity contribution in [1.29, 1.82) is 0 Å². The van der Waals surface area contributed by atoms with Crippen molar-refractivity contribution >= 4 is 33.2 Å². The third kappa shape index (κ3) is 2.90. The first kappa shape index (κ1) is 15.1. The minimum atomic E-state index is -3.67. The lowest BCUT2D eigenvalue weighted by Gasteiger charge is -2.24. The molecule has 106 valence electrons. The van der Waals surface area contributed by atoms with Gasteiger partial charge >= 0.3 is 0 Å². The van der Waals surface area contributed by atoms with E-state index in [0.29, 0.717) is 6.54 Å². The van der Waals surface area contributed by atoms with Crippen molar-refractivity contribution in [3.63, 3.8) is 0 Å². The van der Waals surface area contributed by atoms with Gasteiger partial charge < -0.3 is 5.11 Å². The van der Waals surface area contributed by atoms with Gasteiger partial charge in [0.2, 0.25) is 10.0 Å². The van der Waals surface area contributed by atoms with Crippen LogP contribution in [0.25, 0.3) is 0 Å². The van der Waals surface area contributed by atoms with Crippen molar-refractivity contribution < 1.29 is 13.5 Å². The maximum Gasteiger partial charge on any atom is 0.243 e. The molecule has 1 aromatic carbocycles. The maximum atomic E-state index is 12.6. The van der Waals surface area contributed by atoms with E-state index in [4.69, 9.17) is 23.2 Å². The molecule has 0 bridgehead atoms. The van der Waals surface area contributed by atoms with Gasteiger partial charge in [-0.05, 0) is 30.5 Å². The molecule has 1 aliphatic rings. The predicted octanol–water partition coefficient (Wildman–Crippen LogP) is 2.38. The summed E-state index contributed by atoms with van der Waals surface area (Å²) in [6.45, 7) is 2.15. The van der Waals surface area contributed by atoms with Gasteiger partial charge in [-0.3, -0.25) is 0 Å². The smallest absolute Gasteiger partial charge is 0.243 e. The number of hydrogen-bond acceptors (Lipinski definition) is 3. The number of aliphatic hydroxyl groups excluding tert-OH is 1. The van der Waals surface area contributed by atoms with Crippen LogP contribution in [-0.2, 0) is 10.0 Å². The van der Waals surface area contributed by atoms with Gasteiger partial charge in [0.25, 0.3) is 0 Å². The van der Waals surface area contributed by atoms with Crippen LogP contribution in [0.5, 0.6) is 0 Å². The molecule has 4 nitrogen and oxygen atoms in total. The van der Waals surface area contributed by atoms with Crippen molar-refractivity contribution in [3.05, 3.63) is 28.2 Å². The van der Waals surface area contributed by atoms with Crippen LogP contribution >= 0.6 is 23.2 Å². The standard InChI is InChI=1S/C12H15Cl2NO3S/c1-8-2-3-15(12(8)7-16)19(17,18)11-5-9(13)4-10(14)6-11/h4-6,8,12,16H,2-3,7H2,1H3. The van der Waals surface area contributed by atoms with Crippen LogP contribution in [0.1, 0.15) is 13.3 Å². The number of rotatable bonds is 3. The molecule has 2 unspecified atom stereocenters. The van der Waals surface area contributed by atoms with Gasteiger partial charge in [-0.1, -0.05) is 30.1 Å². The lowest BCUT2D eigenvalue weighted by atomic mass is 10.0. The van der Waals surface area contributed by atoms with Gasteiger partial charge in [0.15, 0.2) is 0 Å².